The second-order valence-electron chi connectivity index (χ2n) is 7.33. The lowest BCUT2D eigenvalue weighted by atomic mass is 9.75. The second kappa shape index (κ2) is 7.72. The summed E-state index contributed by atoms with van der Waals surface area (Å²) in [5.41, 5.74) is 0.770. The molecule has 0 saturated heterocycles. The van der Waals surface area contributed by atoms with Crippen LogP contribution in [0.3, 0.4) is 0 Å². The Hall–Kier alpha value is -1.63. The smallest absolute Gasteiger partial charge is 0.316 e. The van der Waals surface area contributed by atoms with Gasteiger partial charge in [0.2, 0.25) is 0 Å². The lowest BCUT2D eigenvalue weighted by Crippen LogP contribution is -2.36. The number of aryl methyl sites for hydroxylation is 1. The molecule has 2 aromatic rings. The number of fused-ring (bicyclic) bond motifs is 1. The van der Waals surface area contributed by atoms with Crippen LogP contribution in [0.15, 0.2) is 17.6 Å². The summed E-state index contributed by atoms with van der Waals surface area (Å²) in [7, 11) is 1.84. The minimum atomic E-state index is -0.162. The van der Waals surface area contributed by atoms with Crippen molar-refractivity contribution in [3.63, 3.8) is 0 Å². The van der Waals surface area contributed by atoms with Crippen LogP contribution in [0.25, 0.3) is 11.0 Å². The first-order chi connectivity index (χ1) is 12.0. The largest absolute Gasteiger partial charge is 0.461 e. The molecule has 3 atom stereocenters. The van der Waals surface area contributed by atoms with E-state index in [2.05, 4.69) is 35.8 Å². The van der Waals surface area contributed by atoms with E-state index >= 15 is 0 Å². The van der Waals surface area contributed by atoms with Gasteiger partial charge in [-0.1, -0.05) is 39.0 Å². The maximum Gasteiger partial charge on any atom is 0.316 e. The summed E-state index contributed by atoms with van der Waals surface area (Å²) in [4.78, 5) is 20.9. The Morgan fingerprint density at radius 3 is 2.96 bits per heavy atom. The Kier molecular flexibility index (Phi) is 5.61. The zero-order valence-electron chi connectivity index (χ0n) is 15.3. The Labute approximate surface area is 152 Å². The van der Waals surface area contributed by atoms with Gasteiger partial charge in [0.15, 0.2) is 5.65 Å². The zero-order chi connectivity index (χ0) is 18.0. The van der Waals surface area contributed by atoms with Crippen LogP contribution in [0.4, 0.5) is 0 Å². The number of carbonyl (C=O) groups is 1. The number of aromatic nitrogens is 4. The monoisotopic (exact) mass is 362 g/mol. The van der Waals surface area contributed by atoms with E-state index < -0.39 is 0 Å². The first-order valence-corrected chi connectivity index (χ1v) is 9.89. The number of ether oxygens (including phenoxy) is 1. The van der Waals surface area contributed by atoms with Gasteiger partial charge in [0.05, 0.1) is 17.3 Å². The van der Waals surface area contributed by atoms with Crippen molar-refractivity contribution in [1.82, 2.24) is 19.7 Å². The van der Waals surface area contributed by atoms with Gasteiger partial charge in [-0.15, -0.1) is 0 Å². The van der Waals surface area contributed by atoms with Gasteiger partial charge in [0.25, 0.3) is 0 Å². The van der Waals surface area contributed by atoms with Crippen LogP contribution in [0.1, 0.15) is 40.0 Å². The molecule has 2 aromatic heterocycles. The van der Waals surface area contributed by atoms with Gasteiger partial charge >= 0.3 is 5.97 Å². The number of thioether (sulfide) groups is 1. The van der Waals surface area contributed by atoms with E-state index in [0.717, 1.165) is 28.9 Å². The standard InChI is InChI=1S/C18H26N4O2S/c1-11(2)13-6-5-12(3)7-15(13)24-16(23)9-25-18-14-8-21-22(4)17(14)19-10-20-18/h8,10-13,15H,5-7,9H2,1-4H3. The van der Waals surface area contributed by atoms with Gasteiger partial charge in [0, 0.05) is 7.05 Å². The number of nitrogens with zero attached hydrogens (tertiary/aromatic N) is 4. The Balaban J connectivity index is 1.62. The molecule has 1 aliphatic rings. The third kappa shape index (κ3) is 4.14. The molecule has 7 heteroatoms. The van der Waals surface area contributed by atoms with E-state index in [1.165, 1.54) is 24.5 Å². The van der Waals surface area contributed by atoms with E-state index in [-0.39, 0.29) is 17.8 Å². The molecule has 0 radical (unpaired) electrons. The molecule has 0 aliphatic heterocycles. The van der Waals surface area contributed by atoms with Crippen LogP contribution >= 0.6 is 11.8 Å². The fourth-order valence-electron chi connectivity index (χ4n) is 3.64. The van der Waals surface area contributed by atoms with Gasteiger partial charge in [0.1, 0.15) is 17.5 Å². The average molecular weight is 362 g/mol. The lowest BCUT2D eigenvalue weighted by Gasteiger charge is -2.36. The van der Waals surface area contributed by atoms with Gasteiger partial charge in [-0.3, -0.25) is 9.48 Å². The number of hydrogen-bond acceptors (Lipinski definition) is 6. The van der Waals surface area contributed by atoms with Crippen LogP contribution in [-0.4, -0.2) is 37.6 Å². The van der Waals surface area contributed by atoms with Crippen LogP contribution in [-0.2, 0) is 16.6 Å². The van der Waals surface area contributed by atoms with Crippen molar-refractivity contribution in [3.8, 4) is 0 Å². The molecule has 1 saturated carbocycles. The normalized spacial score (nSPS) is 24.0. The third-order valence-corrected chi connectivity index (χ3v) is 6.04. The highest BCUT2D eigenvalue weighted by molar-refractivity contribution is 8.00. The molecule has 1 fully saturated rings. The summed E-state index contributed by atoms with van der Waals surface area (Å²) in [6.07, 6.45) is 6.63. The minimum Gasteiger partial charge on any atom is -0.461 e. The molecule has 0 aromatic carbocycles. The van der Waals surface area contributed by atoms with Gasteiger partial charge in [-0.25, -0.2) is 9.97 Å². The minimum absolute atomic E-state index is 0.0423. The van der Waals surface area contributed by atoms with Crippen LogP contribution in [0.2, 0.25) is 0 Å². The molecule has 2 heterocycles. The highest BCUT2D eigenvalue weighted by atomic mass is 32.2. The summed E-state index contributed by atoms with van der Waals surface area (Å²) in [6.45, 7) is 6.68. The summed E-state index contributed by atoms with van der Waals surface area (Å²) in [6, 6.07) is 0. The maximum atomic E-state index is 12.4. The SMILES string of the molecule is CC1CCC(C(C)C)C(OC(=O)CSc2ncnc3c2cnn3C)C1. The molecule has 3 unspecified atom stereocenters. The van der Waals surface area contributed by atoms with Crippen LogP contribution in [0.5, 0.6) is 0 Å². The van der Waals surface area contributed by atoms with Crippen molar-refractivity contribution in [2.45, 2.75) is 51.2 Å². The fraction of sp³-hybridized carbons (Fsp3) is 0.667. The van der Waals surface area contributed by atoms with Gasteiger partial charge in [-0.05, 0) is 30.6 Å². The molecule has 0 amide bonds. The van der Waals surface area contributed by atoms with Crippen molar-refractivity contribution >= 4 is 28.8 Å². The molecular formula is C18H26N4O2S. The van der Waals surface area contributed by atoms with E-state index in [0.29, 0.717) is 17.8 Å². The van der Waals surface area contributed by atoms with E-state index in [1.807, 2.05) is 7.05 Å². The molecule has 0 bridgehead atoms. The van der Waals surface area contributed by atoms with Crippen molar-refractivity contribution in [2.24, 2.45) is 24.8 Å². The van der Waals surface area contributed by atoms with E-state index in [1.54, 1.807) is 10.9 Å². The van der Waals surface area contributed by atoms with Crippen LogP contribution in [0, 0.1) is 17.8 Å². The maximum absolute atomic E-state index is 12.4. The Morgan fingerprint density at radius 1 is 1.40 bits per heavy atom. The summed E-state index contributed by atoms with van der Waals surface area (Å²) < 4.78 is 7.56. The molecule has 6 nitrogen and oxygen atoms in total. The molecular weight excluding hydrogens is 336 g/mol. The number of esters is 1. The Morgan fingerprint density at radius 2 is 2.20 bits per heavy atom. The first-order valence-electron chi connectivity index (χ1n) is 8.90. The number of carbonyl (C=O) groups excluding carboxylic acids is 1. The van der Waals surface area contributed by atoms with Crippen molar-refractivity contribution in [1.29, 1.82) is 0 Å². The van der Waals surface area contributed by atoms with Crippen molar-refractivity contribution in [3.05, 3.63) is 12.5 Å². The van der Waals surface area contributed by atoms with E-state index in [4.69, 9.17) is 4.74 Å². The van der Waals surface area contributed by atoms with Gasteiger partial charge < -0.3 is 4.74 Å². The zero-order valence-corrected chi connectivity index (χ0v) is 16.1. The van der Waals surface area contributed by atoms with Gasteiger partial charge in [-0.2, -0.15) is 5.10 Å². The lowest BCUT2D eigenvalue weighted by molar-refractivity contribution is -0.152. The highest BCUT2D eigenvalue weighted by Gasteiger charge is 2.33. The topological polar surface area (TPSA) is 69.9 Å². The first kappa shape index (κ1) is 18.2. The average Bonchev–Trinajstić information content (AvgIpc) is 2.95. The van der Waals surface area contributed by atoms with Crippen LogP contribution < -0.4 is 0 Å². The predicted octanol–water partition coefficient (Wildman–Crippen LogP) is 3.46. The third-order valence-electron chi connectivity index (χ3n) is 5.06. The number of rotatable bonds is 5. The quantitative estimate of drug-likeness (QED) is 0.461. The molecule has 136 valence electrons. The summed E-state index contributed by atoms with van der Waals surface area (Å²) in [5, 5.41) is 5.84. The van der Waals surface area contributed by atoms with Crippen molar-refractivity contribution < 1.29 is 9.53 Å². The van der Waals surface area contributed by atoms with E-state index in [9.17, 15) is 4.79 Å². The molecule has 3 rings (SSSR count). The van der Waals surface area contributed by atoms with Crippen molar-refractivity contribution in [2.75, 3.05) is 5.75 Å². The fourth-order valence-corrected chi connectivity index (χ4v) is 4.38. The summed E-state index contributed by atoms with van der Waals surface area (Å²) >= 11 is 1.39. The Bertz CT molecular complexity index is 746. The summed E-state index contributed by atoms with van der Waals surface area (Å²) in [5.74, 6) is 1.73. The number of hydrogen-bond donors (Lipinski definition) is 0. The second-order valence-corrected chi connectivity index (χ2v) is 8.29. The molecule has 0 spiro atoms. The molecule has 1 aliphatic carbocycles. The molecule has 25 heavy (non-hydrogen) atoms. The molecule has 0 N–H and O–H groups in total. The highest BCUT2D eigenvalue weighted by Crippen LogP contribution is 2.35. The predicted molar refractivity (Wildman–Crippen MR) is 98.3 cm³/mol.